The SMILES string of the molecule is O=CN[C@@]1(NC(=O)[C@H](NC(=O)N2CCN(N=Cc3ccc(O)c(O)c3)C(=O)C2=O)c2ccccc2)C(=O)N2C(C(=O)O)=C(CSc3nncs3)CS[C@@H]21. The van der Waals surface area contributed by atoms with Crippen molar-refractivity contribution in [3.8, 4) is 11.5 Å². The van der Waals surface area contributed by atoms with Gasteiger partial charge in [-0.15, -0.1) is 22.0 Å². The molecule has 6 N–H and O–H groups in total. The lowest BCUT2D eigenvalue weighted by Gasteiger charge is -2.56. The summed E-state index contributed by atoms with van der Waals surface area (Å²) in [5, 5.41) is 47.9. The number of benzene rings is 2. The molecule has 3 aliphatic heterocycles. The van der Waals surface area contributed by atoms with Crippen molar-refractivity contribution in [1.82, 2.24) is 41.0 Å². The molecule has 2 fully saturated rings. The zero-order valence-electron chi connectivity index (χ0n) is 26.9. The van der Waals surface area contributed by atoms with Crippen LogP contribution in [0.2, 0.25) is 0 Å². The maximum absolute atomic E-state index is 14.0. The molecule has 1 aromatic heterocycles. The molecule has 19 nitrogen and oxygen atoms in total. The van der Waals surface area contributed by atoms with E-state index in [9.17, 15) is 48.9 Å². The third-order valence-corrected chi connectivity index (χ3v) is 11.5. The van der Waals surface area contributed by atoms with E-state index in [-0.39, 0.29) is 48.0 Å². The van der Waals surface area contributed by atoms with E-state index in [0.717, 1.165) is 21.7 Å². The number of thioether (sulfide) groups is 2. The van der Waals surface area contributed by atoms with Gasteiger partial charge in [-0.05, 0) is 34.9 Å². The van der Waals surface area contributed by atoms with Crippen molar-refractivity contribution in [3.63, 3.8) is 0 Å². The van der Waals surface area contributed by atoms with Gasteiger partial charge in [-0.2, -0.15) is 5.10 Å². The molecular formula is C31H27N9O10S3. The van der Waals surface area contributed by atoms with Crippen LogP contribution in [0.5, 0.6) is 11.5 Å². The fraction of sp³-hybridized carbons (Fsp3) is 0.226. The summed E-state index contributed by atoms with van der Waals surface area (Å²) in [5.74, 6) is -6.23. The van der Waals surface area contributed by atoms with Crippen molar-refractivity contribution in [2.24, 2.45) is 5.10 Å². The van der Waals surface area contributed by atoms with Crippen molar-refractivity contribution in [2.75, 3.05) is 24.6 Å². The molecule has 6 rings (SSSR count). The molecule has 0 aliphatic carbocycles. The number of carboxylic acids is 1. The number of hydrogen-bond donors (Lipinski definition) is 6. The standard InChI is InChI=1S/C31H27N9O10S3/c41-14-32-31(27(49)40-22(26(47)48)18(12-51-28(31)40)13-52-30-37-33-15-53-30)36-23(44)21(17-4-2-1-3-5-17)35-29(50)38-8-9-39(25(46)24(38)45)34-11-16-6-7-19(42)20(43)10-16/h1-7,10-11,14-15,21,28,42-43H,8-9,12-13H2,(H,32,41)(H,35,50)(H,36,44)(H,47,48)/t21-,28-,31-/m1/s1. The summed E-state index contributed by atoms with van der Waals surface area (Å²) in [5.41, 5.74) is 0.0463. The van der Waals surface area contributed by atoms with Crippen LogP contribution < -0.4 is 16.0 Å². The predicted molar refractivity (Wildman–Crippen MR) is 187 cm³/mol. The number of phenolic OH excluding ortho intramolecular Hbond substituents is 2. The summed E-state index contributed by atoms with van der Waals surface area (Å²) in [6, 6.07) is 8.85. The number of aromatic hydroxyl groups is 2. The number of nitrogens with one attached hydrogen (secondary N) is 3. The van der Waals surface area contributed by atoms with Gasteiger partial charge in [0, 0.05) is 11.5 Å². The first kappa shape index (κ1) is 36.8. The molecule has 0 saturated carbocycles. The van der Waals surface area contributed by atoms with E-state index in [2.05, 4.69) is 31.2 Å². The normalized spacial score (nSPS) is 20.5. The summed E-state index contributed by atoms with van der Waals surface area (Å²) < 4.78 is 0.594. The van der Waals surface area contributed by atoms with Gasteiger partial charge in [0.15, 0.2) is 15.8 Å². The van der Waals surface area contributed by atoms with Crippen molar-refractivity contribution >= 4 is 83.1 Å². The second-order valence-electron chi connectivity index (χ2n) is 11.3. The number of aromatic nitrogens is 2. The van der Waals surface area contributed by atoms with Gasteiger partial charge in [0.05, 0.1) is 19.3 Å². The minimum absolute atomic E-state index is 0.127. The second kappa shape index (κ2) is 15.3. The first-order chi connectivity index (χ1) is 25.4. The van der Waals surface area contributed by atoms with E-state index < -0.39 is 58.5 Å². The van der Waals surface area contributed by atoms with Crippen LogP contribution in [0.15, 0.2) is 74.8 Å². The Balaban J connectivity index is 1.19. The maximum Gasteiger partial charge on any atom is 0.352 e. The number of amides is 7. The van der Waals surface area contributed by atoms with Crippen LogP contribution in [-0.4, -0.2) is 124 Å². The molecule has 7 amide bonds. The fourth-order valence-corrected chi connectivity index (χ4v) is 8.63. The molecule has 2 aromatic carbocycles. The Morgan fingerprint density at radius 3 is 2.53 bits per heavy atom. The van der Waals surface area contributed by atoms with Gasteiger partial charge >= 0.3 is 23.8 Å². The highest BCUT2D eigenvalue weighted by Crippen LogP contribution is 2.46. The molecular weight excluding hydrogens is 755 g/mol. The first-order valence-corrected chi connectivity index (χ1v) is 18.2. The molecule has 3 aromatic rings. The number of carbonyl (C=O) groups excluding carboxylic acids is 6. The molecule has 0 spiro atoms. The average Bonchev–Trinajstić information content (AvgIpc) is 3.68. The second-order valence-corrected chi connectivity index (χ2v) is 14.4. The number of carboxylic acid groups (broad SMARTS) is 1. The van der Waals surface area contributed by atoms with E-state index in [1.807, 2.05) is 0 Å². The Kier molecular flexibility index (Phi) is 10.6. The van der Waals surface area contributed by atoms with Crippen LogP contribution in [0.4, 0.5) is 4.79 Å². The van der Waals surface area contributed by atoms with Crippen LogP contribution >= 0.6 is 34.9 Å². The molecule has 53 heavy (non-hydrogen) atoms. The molecule has 0 radical (unpaired) electrons. The largest absolute Gasteiger partial charge is 0.504 e. The Bertz CT molecular complexity index is 2050. The highest BCUT2D eigenvalue weighted by atomic mass is 32.2. The van der Waals surface area contributed by atoms with Crippen molar-refractivity contribution in [3.05, 3.63) is 76.4 Å². The van der Waals surface area contributed by atoms with E-state index in [1.165, 1.54) is 65.2 Å². The molecule has 2 saturated heterocycles. The number of aliphatic carboxylic acids is 1. The zero-order chi connectivity index (χ0) is 37.9. The topological polar surface area (TPSA) is 264 Å². The molecule has 0 unspecified atom stereocenters. The summed E-state index contributed by atoms with van der Waals surface area (Å²) >= 11 is 3.61. The number of rotatable bonds is 12. The van der Waals surface area contributed by atoms with Crippen molar-refractivity contribution in [2.45, 2.75) is 21.4 Å². The molecule has 4 heterocycles. The van der Waals surface area contributed by atoms with E-state index in [1.54, 1.807) is 18.2 Å². The number of β-lactam (4-membered cyclic amide) rings is 1. The third-order valence-electron chi connectivity index (χ3n) is 8.12. The predicted octanol–water partition coefficient (Wildman–Crippen LogP) is 0.00950. The number of hydrogen-bond acceptors (Lipinski definition) is 15. The number of piperazine rings is 1. The lowest BCUT2D eigenvalue weighted by Crippen LogP contribution is -2.85. The van der Waals surface area contributed by atoms with Crippen LogP contribution in [0.25, 0.3) is 0 Å². The molecule has 274 valence electrons. The van der Waals surface area contributed by atoms with E-state index >= 15 is 0 Å². The smallest absolute Gasteiger partial charge is 0.352 e. The van der Waals surface area contributed by atoms with Gasteiger partial charge in [-0.1, -0.05) is 53.4 Å². The van der Waals surface area contributed by atoms with Gasteiger partial charge in [0.25, 0.3) is 5.91 Å². The van der Waals surface area contributed by atoms with Crippen LogP contribution in [-0.2, 0) is 28.8 Å². The number of imide groups is 1. The highest BCUT2D eigenvalue weighted by Gasteiger charge is 2.66. The van der Waals surface area contributed by atoms with Gasteiger partial charge in [0.1, 0.15) is 22.6 Å². The van der Waals surface area contributed by atoms with Crippen LogP contribution in [0, 0.1) is 0 Å². The molecule has 0 bridgehead atoms. The Labute approximate surface area is 311 Å². The quantitative estimate of drug-likeness (QED) is 0.0269. The number of hydrazone groups is 1. The number of carbonyl (C=O) groups is 7. The fourth-order valence-electron chi connectivity index (χ4n) is 5.58. The maximum atomic E-state index is 14.0. The third kappa shape index (κ3) is 7.23. The Morgan fingerprint density at radius 1 is 1.08 bits per heavy atom. The molecule has 22 heteroatoms. The van der Waals surface area contributed by atoms with Crippen molar-refractivity contribution in [1.29, 1.82) is 0 Å². The van der Waals surface area contributed by atoms with E-state index in [0.29, 0.717) is 20.4 Å². The summed E-state index contributed by atoms with van der Waals surface area (Å²) in [4.78, 5) is 93.0. The average molecular weight is 782 g/mol. The number of nitrogens with zero attached hydrogens (tertiary/aromatic N) is 6. The number of urea groups is 1. The molecule has 3 aliphatic rings. The van der Waals surface area contributed by atoms with Crippen LogP contribution in [0.3, 0.4) is 0 Å². The van der Waals surface area contributed by atoms with Gasteiger partial charge < -0.3 is 31.3 Å². The summed E-state index contributed by atoms with van der Waals surface area (Å²) in [6.45, 7) is -0.554. The highest BCUT2D eigenvalue weighted by molar-refractivity contribution is 8.01. The lowest BCUT2D eigenvalue weighted by atomic mass is 9.94. The molecule has 3 atom stereocenters. The first-order valence-electron chi connectivity index (χ1n) is 15.3. The van der Waals surface area contributed by atoms with Crippen molar-refractivity contribution < 1.29 is 48.9 Å². The van der Waals surface area contributed by atoms with Gasteiger partial charge in [-0.3, -0.25) is 33.8 Å². The lowest BCUT2D eigenvalue weighted by molar-refractivity contribution is -0.163. The summed E-state index contributed by atoms with van der Waals surface area (Å²) in [7, 11) is 0. The minimum Gasteiger partial charge on any atom is -0.504 e. The van der Waals surface area contributed by atoms with Gasteiger partial charge in [-0.25, -0.2) is 14.6 Å². The summed E-state index contributed by atoms with van der Waals surface area (Å²) in [6.07, 6.45) is 1.36. The van der Waals surface area contributed by atoms with Crippen LogP contribution in [0.1, 0.15) is 17.2 Å². The van der Waals surface area contributed by atoms with E-state index in [4.69, 9.17) is 0 Å². The monoisotopic (exact) mass is 781 g/mol. The minimum atomic E-state index is -2.11. The number of phenols is 2. The Morgan fingerprint density at radius 2 is 1.85 bits per heavy atom. The Hall–Kier alpha value is -6.00. The zero-order valence-corrected chi connectivity index (χ0v) is 29.4. The number of fused-ring (bicyclic) bond motifs is 1. The van der Waals surface area contributed by atoms with Gasteiger partial charge in [0.2, 0.25) is 18.0 Å².